The number of hydrogen-bond donors (Lipinski definition) is 0. The molecule has 2 aliphatic rings. The molecule has 1 fully saturated rings. The van der Waals surface area contributed by atoms with Crippen molar-refractivity contribution in [1.82, 2.24) is 4.90 Å². The fourth-order valence-corrected chi connectivity index (χ4v) is 5.14. The molecule has 32 heavy (non-hydrogen) atoms. The molecule has 0 aromatic heterocycles. The summed E-state index contributed by atoms with van der Waals surface area (Å²) in [6, 6.07) is 17.0. The van der Waals surface area contributed by atoms with Gasteiger partial charge in [0.25, 0.3) is 0 Å². The highest BCUT2D eigenvalue weighted by Gasteiger charge is 2.39. The SMILES string of the molecule is CCOC(=O)c1ccc(N2CSC3=C(C#N)[C@@H](c4ccccc4OC)CC(=O)N3C2)cc1. The standard InChI is InChI=1S/C24H23N3O4S/c1-3-31-24(29)16-8-10-17(11-9-16)26-14-27-22(28)12-19(20(13-25)23(27)32-15-26)18-6-4-5-7-21(18)30-2/h4-11,19H,3,12,14-15H2,1-2H3/t19-/m1/s1. The number of carbonyl (C=O) groups excluding carboxylic acids is 2. The first-order chi connectivity index (χ1) is 15.6. The monoisotopic (exact) mass is 449 g/mol. The topological polar surface area (TPSA) is 82.9 Å². The molecule has 0 unspecified atom stereocenters. The van der Waals surface area contributed by atoms with Gasteiger partial charge in [0.1, 0.15) is 5.75 Å². The first-order valence-corrected chi connectivity index (χ1v) is 11.3. The first-order valence-electron chi connectivity index (χ1n) is 10.3. The van der Waals surface area contributed by atoms with E-state index in [4.69, 9.17) is 9.47 Å². The number of carbonyl (C=O) groups is 2. The molecule has 0 saturated carbocycles. The van der Waals surface area contributed by atoms with Gasteiger partial charge in [-0.15, -0.1) is 0 Å². The number of thioether (sulfide) groups is 1. The lowest BCUT2D eigenvalue weighted by atomic mass is 9.86. The number of anilines is 1. The Morgan fingerprint density at radius 3 is 2.66 bits per heavy atom. The van der Waals surface area contributed by atoms with Crippen LogP contribution in [0.15, 0.2) is 59.1 Å². The molecule has 1 amide bonds. The fraction of sp³-hybridized carbons (Fsp3) is 0.292. The summed E-state index contributed by atoms with van der Waals surface area (Å²) in [5.74, 6) is 0.552. The van der Waals surface area contributed by atoms with Crippen LogP contribution in [-0.4, -0.2) is 43.0 Å². The Morgan fingerprint density at radius 2 is 1.97 bits per heavy atom. The van der Waals surface area contributed by atoms with Crippen molar-refractivity contribution in [1.29, 1.82) is 5.26 Å². The average molecular weight is 450 g/mol. The number of methoxy groups -OCH3 is 1. The van der Waals surface area contributed by atoms with E-state index < -0.39 is 0 Å². The van der Waals surface area contributed by atoms with Gasteiger partial charge in [-0.2, -0.15) is 5.26 Å². The van der Waals surface area contributed by atoms with Crippen LogP contribution >= 0.6 is 11.8 Å². The number of esters is 1. The number of para-hydroxylation sites is 1. The van der Waals surface area contributed by atoms with E-state index in [1.807, 2.05) is 41.3 Å². The molecule has 1 atom stereocenters. The van der Waals surface area contributed by atoms with Crippen molar-refractivity contribution in [3.05, 3.63) is 70.3 Å². The van der Waals surface area contributed by atoms with Gasteiger partial charge in [-0.3, -0.25) is 9.69 Å². The zero-order valence-corrected chi connectivity index (χ0v) is 18.7. The smallest absolute Gasteiger partial charge is 0.338 e. The van der Waals surface area contributed by atoms with Crippen molar-refractivity contribution in [3.8, 4) is 11.8 Å². The lowest BCUT2D eigenvalue weighted by Crippen LogP contribution is -2.47. The quantitative estimate of drug-likeness (QED) is 0.636. The molecule has 0 bridgehead atoms. The van der Waals surface area contributed by atoms with Crippen LogP contribution in [0.2, 0.25) is 0 Å². The molecule has 8 heteroatoms. The number of benzene rings is 2. The van der Waals surface area contributed by atoms with Crippen molar-refractivity contribution in [3.63, 3.8) is 0 Å². The Labute approximate surface area is 191 Å². The lowest BCUT2D eigenvalue weighted by Gasteiger charge is -2.42. The summed E-state index contributed by atoms with van der Waals surface area (Å²) in [4.78, 5) is 28.7. The van der Waals surface area contributed by atoms with E-state index in [2.05, 4.69) is 6.07 Å². The molecule has 0 spiro atoms. The fourth-order valence-electron chi connectivity index (χ4n) is 3.97. The molecule has 4 rings (SSSR count). The second-order valence-electron chi connectivity index (χ2n) is 7.37. The number of rotatable bonds is 5. The van der Waals surface area contributed by atoms with E-state index in [1.54, 1.807) is 31.1 Å². The number of nitrogens with zero attached hydrogens (tertiary/aromatic N) is 3. The van der Waals surface area contributed by atoms with Gasteiger partial charge in [-0.05, 0) is 37.3 Å². The lowest BCUT2D eigenvalue weighted by molar-refractivity contribution is -0.129. The summed E-state index contributed by atoms with van der Waals surface area (Å²) in [5.41, 5.74) is 2.82. The number of hydrogen-bond acceptors (Lipinski definition) is 7. The third kappa shape index (κ3) is 4.04. The molecule has 2 aromatic carbocycles. The first kappa shape index (κ1) is 21.8. The summed E-state index contributed by atoms with van der Waals surface area (Å²) in [5, 5.41) is 10.7. The predicted molar refractivity (Wildman–Crippen MR) is 122 cm³/mol. The van der Waals surface area contributed by atoms with Crippen molar-refractivity contribution in [2.45, 2.75) is 19.3 Å². The van der Waals surface area contributed by atoms with E-state index in [-0.39, 0.29) is 24.2 Å². The van der Waals surface area contributed by atoms with Gasteiger partial charge < -0.3 is 14.4 Å². The van der Waals surface area contributed by atoms with Crippen molar-refractivity contribution in [2.75, 3.05) is 31.2 Å². The number of fused-ring (bicyclic) bond motifs is 1. The van der Waals surface area contributed by atoms with Crippen molar-refractivity contribution in [2.24, 2.45) is 0 Å². The number of amides is 1. The molecule has 0 aliphatic carbocycles. The maximum Gasteiger partial charge on any atom is 0.338 e. The highest BCUT2D eigenvalue weighted by molar-refractivity contribution is 8.03. The summed E-state index contributed by atoms with van der Waals surface area (Å²) >= 11 is 1.47. The Kier molecular flexibility index (Phi) is 6.37. The van der Waals surface area contributed by atoms with Crippen LogP contribution in [0.5, 0.6) is 5.75 Å². The van der Waals surface area contributed by atoms with Crippen LogP contribution in [0, 0.1) is 11.3 Å². The van der Waals surface area contributed by atoms with Crippen LogP contribution in [0.25, 0.3) is 0 Å². The summed E-state index contributed by atoms with van der Waals surface area (Å²) in [6.45, 7) is 2.45. The van der Waals surface area contributed by atoms with E-state index in [0.29, 0.717) is 41.1 Å². The molecule has 0 radical (unpaired) electrons. The van der Waals surface area contributed by atoms with E-state index in [0.717, 1.165) is 11.3 Å². The third-order valence-corrected chi connectivity index (χ3v) is 6.71. The minimum absolute atomic E-state index is 0.0322. The normalized spacial score (nSPS) is 18.2. The minimum Gasteiger partial charge on any atom is -0.496 e. The molecule has 2 aromatic rings. The molecule has 7 nitrogen and oxygen atoms in total. The van der Waals surface area contributed by atoms with Crippen LogP contribution in [0.1, 0.15) is 35.2 Å². The summed E-state index contributed by atoms with van der Waals surface area (Å²) in [7, 11) is 1.59. The molecular formula is C24H23N3O4S. The summed E-state index contributed by atoms with van der Waals surface area (Å²) in [6.07, 6.45) is 0.211. The molecule has 1 saturated heterocycles. The van der Waals surface area contributed by atoms with Gasteiger partial charge in [-0.25, -0.2) is 4.79 Å². The van der Waals surface area contributed by atoms with Gasteiger partial charge in [0.15, 0.2) is 0 Å². The van der Waals surface area contributed by atoms with E-state index >= 15 is 0 Å². The van der Waals surface area contributed by atoms with Gasteiger partial charge in [0.05, 0.1) is 48.5 Å². The molecular weight excluding hydrogens is 426 g/mol. The Morgan fingerprint density at radius 1 is 1.22 bits per heavy atom. The molecule has 2 aliphatic heterocycles. The Balaban J connectivity index is 1.59. The zero-order valence-electron chi connectivity index (χ0n) is 17.9. The average Bonchev–Trinajstić information content (AvgIpc) is 2.84. The maximum atomic E-state index is 13.1. The van der Waals surface area contributed by atoms with Gasteiger partial charge in [0, 0.05) is 23.6 Å². The van der Waals surface area contributed by atoms with Gasteiger partial charge in [-0.1, -0.05) is 30.0 Å². The van der Waals surface area contributed by atoms with Crippen LogP contribution in [-0.2, 0) is 9.53 Å². The van der Waals surface area contributed by atoms with Crippen LogP contribution < -0.4 is 9.64 Å². The Bertz CT molecular complexity index is 1110. The molecule has 164 valence electrons. The van der Waals surface area contributed by atoms with E-state index in [1.165, 1.54) is 11.8 Å². The largest absolute Gasteiger partial charge is 0.496 e. The predicted octanol–water partition coefficient (Wildman–Crippen LogP) is 4.09. The molecule has 0 N–H and O–H groups in total. The van der Waals surface area contributed by atoms with E-state index in [9.17, 15) is 14.9 Å². The minimum atomic E-state index is -0.357. The highest BCUT2D eigenvalue weighted by Crippen LogP contribution is 2.45. The van der Waals surface area contributed by atoms with Crippen molar-refractivity contribution < 1.29 is 19.1 Å². The second-order valence-corrected chi connectivity index (χ2v) is 8.31. The second kappa shape index (κ2) is 9.37. The number of nitriles is 1. The number of allylic oxidation sites excluding steroid dienone is 1. The van der Waals surface area contributed by atoms with Gasteiger partial charge >= 0.3 is 5.97 Å². The zero-order chi connectivity index (χ0) is 22.7. The Hall–Kier alpha value is -3.44. The van der Waals surface area contributed by atoms with Crippen LogP contribution in [0.4, 0.5) is 5.69 Å². The highest BCUT2D eigenvalue weighted by atomic mass is 32.2. The maximum absolute atomic E-state index is 13.1. The van der Waals surface area contributed by atoms with Crippen LogP contribution in [0.3, 0.4) is 0 Å². The number of ether oxygens (including phenoxy) is 2. The van der Waals surface area contributed by atoms with Gasteiger partial charge in [0.2, 0.25) is 5.91 Å². The third-order valence-electron chi connectivity index (χ3n) is 5.55. The summed E-state index contributed by atoms with van der Waals surface area (Å²) < 4.78 is 10.5. The van der Waals surface area contributed by atoms with Crippen molar-refractivity contribution >= 4 is 29.3 Å². The molecule has 2 heterocycles.